The van der Waals surface area contributed by atoms with Crippen molar-refractivity contribution in [1.29, 1.82) is 0 Å². The second-order valence-electron chi connectivity index (χ2n) is 6.19. The molecule has 0 saturated heterocycles. The standard InChI is InChI=1S/C18H23NOS/c21-14-18(10-3-1-2-4-11-18)13-20-17-9-5-8-16-15(17)7-6-12-19-16/h5-9,12,21H,1-4,10-11,13-14H2. The van der Waals surface area contributed by atoms with Crippen molar-refractivity contribution < 1.29 is 4.74 Å². The molecule has 1 aliphatic carbocycles. The van der Waals surface area contributed by atoms with E-state index in [1.165, 1.54) is 38.5 Å². The summed E-state index contributed by atoms with van der Waals surface area (Å²) in [5.74, 6) is 1.86. The van der Waals surface area contributed by atoms with Crippen molar-refractivity contribution in [3.8, 4) is 5.75 Å². The smallest absolute Gasteiger partial charge is 0.128 e. The van der Waals surface area contributed by atoms with Gasteiger partial charge in [0, 0.05) is 17.0 Å². The second-order valence-corrected chi connectivity index (χ2v) is 6.50. The monoisotopic (exact) mass is 301 g/mol. The highest BCUT2D eigenvalue weighted by molar-refractivity contribution is 7.80. The summed E-state index contributed by atoms with van der Waals surface area (Å²) in [5, 5.41) is 1.10. The molecule has 0 radical (unpaired) electrons. The topological polar surface area (TPSA) is 22.1 Å². The zero-order valence-corrected chi connectivity index (χ0v) is 13.3. The Morgan fingerprint density at radius 2 is 1.86 bits per heavy atom. The van der Waals surface area contributed by atoms with E-state index in [4.69, 9.17) is 4.74 Å². The molecule has 21 heavy (non-hydrogen) atoms. The fourth-order valence-corrected chi connectivity index (χ4v) is 3.67. The second kappa shape index (κ2) is 6.69. The Morgan fingerprint density at radius 1 is 1.05 bits per heavy atom. The first kappa shape index (κ1) is 14.7. The number of hydrogen-bond acceptors (Lipinski definition) is 3. The molecule has 0 N–H and O–H groups in total. The van der Waals surface area contributed by atoms with Gasteiger partial charge >= 0.3 is 0 Å². The van der Waals surface area contributed by atoms with Gasteiger partial charge in [0.2, 0.25) is 0 Å². The lowest BCUT2D eigenvalue weighted by Crippen LogP contribution is -2.30. The Labute approximate surface area is 132 Å². The maximum absolute atomic E-state index is 6.22. The third-order valence-corrected chi connectivity index (χ3v) is 5.31. The molecule has 0 amide bonds. The van der Waals surface area contributed by atoms with Crippen molar-refractivity contribution in [1.82, 2.24) is 4.98 Å². The molecular weight excluding hydrogens is 278 g/mol. The van der Waals surface area contributed by atoms with Gasteiger partial charge in [-0.1, -0.05) is 31.7 Å². The van der Waals surface area contributed by atoms with Gasteiger partial charge in [-0.3, -0.25) is 4.98 Å². The van der Waals surface area contributed by atoms with Crippen LogP contribution in [0, 0.1) is 5.41 Å². The van der Waals surface area contributed by atoms with E-state index in [0.29, 0.717) is 0 Å². The molecule has 0 bridgehead atoms. The first-order chi connectivity index (χ1) is 10.3. The molecule has 1 aliphatic rings. The van der Waals surface area contributed by atoms with E-state index in [-0.39, 0.29) is 5.41 Å². The first-order valence-electron chi connectivity index (χ1n) is 7.90. The Morgan fingerprint density at radius 3 is 2.62 bits per heavy atom. The largest absolute Gasteiger partial charge is 0.492 e. The average molecular weight is 301 g/mol. The van der Waals surface area contributed by atoms with Gasteiger partial charge in [-0.15, -0.1) is 0 Å². The maximum Gasteiger partial charge on any atom is 0.128 e. The van der Waals surface area contributed by atoms with Crippen LogP contribution < -0.4 is 4.74 Å². The number of rotatable bonds is 4. The number of fused-ring (bicyclic) bond motifs is 1. The summed E-state index contributed by atoms with van der Waals surface area (Å²) in [6, 6.07) is 10.1. The SMILES string of the molecule is SCC1(COc2cccc3ncccc23)CCCCCC1. The maximum atomic E-state index is 6.22. The van der Waals surface area contributed by atoms with E-state index in [9.17, 15) is 0 Å². The van der Waals surface area contributed by atoms with Gasteiger partial charge in [0.25, 0.3) is 0 Å². The van der Waals surface area contributed by atoms with Gasteiger partial charge in [-0.05, 0) is 42.9 Å². The highest BCUT2D eigenvalue weighted by atomic mass is 32.1. The lowest BCUT2D eigenvalue weighted by atomic mass is 9.83. The van der Waals surface area contributed by atoms with Crippen LogP contribution in [0.25, 0.3) is 10.9 Å². The van der Waals surface area contributed by atoms with Crippen LogP contribution in [0.5, 0.6) is 5.75 Å². The average Bonchev–Trinajstić information content (AvgIpc) is 2.79. The van der Waals surface area contributed by atoms with Crippen molar-refractivity contribution >= 4 is 23.5 Å². The van der Waals surface area contributed by atoms with Crippen LogP contribution in [-0.4, -0.2) is 17.3 Å². The van der Waals surface area contributed by atoms with Crippen LogP contribution in [0.4, 0.5) is 0 Å². The summed E-state index contributed by atoms with van der Waals surface area (Å²) in [6.45, 7) is 0.768. The molecule has 3 heteroatoms. The molecule has 2 aromatic rings. The molecule has 0 unspecified atom stereocenters. The van der Waals surface area contributed by atoms with E-state index >= 15 is 0 Å². The molecule has 0 spiro atoms. The Balaban J connectivity index is 1.78. The zero-order chi connectivity index (χ0) is 14.5. The van der Waals surface area contributed by atoms with Crippen molar-refractivity contribution in [2.45, 2.75) is 38.5 Å². The van der Waals surface area contributed by atoms with E-state index in [1.807, 2.05) is 30.5 Å². The summed E-state index contributed by atoms with van der Waals surface area (Å²) in [5.41, 5.74) is 1.24. The predicted molar refractivity (Wildman–Crippen MR) is 91.2 cm³/mol. The highest BCUT2D eigenvalue weighted by Crippen LogP contribution is 2.37. The Bertz CT molecular complexity index is 585. The lowest BCUT2D eigenvalue weighted by Gasteiger charge is -2.31. The van der Waals surface area contributed by atoms with Crippen LogP contribution in [0.15, 0.2) is 36.5 Å². The minimum absolute atomic E-state index is 0.240. The zero-order valence-electron chi connectivity index (χ0n) is 12.4. The molecule has 2 nitrogen and oxygen atoms in total. The quantitative estimate of drug-likeness (QED) is 0.642. The number of pyridine rings is 1. The fourth-order valence-electron chi connectivity index (χ4n) is 3.26. The summed E-state index contributed by atoms with van der Waals surface area (Å²) in [7, 11) is 0. The van der Waals surface area contributed by atoms with Gasteiger partial charge in [-0.2, -0.15) is 12.6 Å². The van der Waals surface area contributed by atoms with Crippen molar-refractivity contribution in [3.05, 3.63) is 36.5 Å². The fraction of sp³-hybridized carbons (Fsp3) is 0.500. The Kier molecular flexibility index (Phi) is 4.69. The summed E-state index contributed by atoms with van der Waals surface area (Å²) in [6.07, 6.45) is 9.62. The molecule has 1 fully saturated rings. The minimum Gasteiger partial charge on any atom is -0.492 e. The van der Waals surface area contributed by atoms with Gasteiger partial charge in [0.15, 0.2) is 0 Å². The third kappa shape index (κ3) is 3.34. The van der Waals surface area contributed by atoms with Gasteiger partial charge in [0.05, 0.1) is 12.1 Å². The van der Waals surface area contributed by atoms with Gasteiger partial charge < -0.3 is 4.74 Å². The number of benzene rings is 1. The van der Waals surface area contributed by atoms with Crippen molar-refractivity contribution in [3.63, 3.8) is 0 Å². The molecule has 0 atom stereocenters. The van der Waals surface area contributed by atoms with E-state index in [1.54, 1.807) is 0 Å². The molecular formula is C18H23NOS. The molecule has 1 aromatic carbocycles. The van der Waals surface area contributed by atoms with Crippen molar-refractivity contribution in [2.24, 2.45) is 5.41 Å². The number of ether oxygens (including phenoxy) is 1. The van der Waals surface area contributed by atoms with E-state index in [2.05, 4.69) is 23.7 Å². The molecule has 1 heterocycles. The van der Waals surface area contributed by atoms with E-state index < -0.39 is 0 Å². The summed E-state index contributed by atoms with van der Waals surface area (Å²) >= 11 is 4.62. The van der Waals surface area contributed by atoms with Crippen LogP contribution in [0.1, 0.15) is 38.5 Å². The third-order valence-electron chi connectivity index (χ3n) is 4.64. The molecule has 3 rings (SSSR count). The summed E-state index contributed by atoms with van der Waals surface area (Å²) < 4.78 is 6.22. The Hall–Kier alpha value is -1.22. The number of nitrogens with zero attached hydrogens (tertiary/aromatic N) is 1. The van der Waals surface area contributed by atoms with Gasteiger partial charge in [-0.25, -0.2) is 0 Å². The number of hydrogen-bond donors (Lipinski definition) is 1. The molecule has 0 aliphatic heterocycles. The number of thiol groups is 1. The predicted octanol–water partition coefficient (Wildman–Crippen LogP) is 4.88. The van der Waals surface area contributed by atoms with Gasteiger partial charge in [0.1, 0.15) is 5.75 Å². The van der Waals surface area contributed by atoms with E-state index in [0.717, 1.165) is 29.0 Å². The molecule has 1 saturated carbocycles. The highest BCUT2D eigenvalue weighted by Gasteiger charge is 2.30. The molecule has 112 valence electrons. The van der Waals surface area contributed by atoms with Crippen LogP contribution in [-0.2, 0) is 0 Å². The first-order valence-corrected chi connectivity index (χ1v) is 8.54. The van der Waals surface area contributed by atoms with Crippen LogP contribution in [0.2, 0.25) is 0 Å². The van der Waals surface area contributed by atoms with Crippen LogP contribution in [0.3, 0.4) is 0 Å². The van der Waals surface area contributed by atoms with Crippen LogP contribution >= 0.6 is 12.6 Å². The molecule has 1 aromatic heterocycles. The lowest BCUT2D eigenvalue weighted by molar-refractivity contribution is 0.150. The van der Waals surface area contributed by atoms with Crippen molar-refractivity contribution in [2.75, 3.05) is 12.4 Å². The summed E-state index contributed by atoms with van der Waals surface area (Å²) in [4.78, 5) is 4.39. The normalized spacial score (nSPS) is 18.3. The minimum atomic E-state index is 0.240. The number of aromatic nitrogens is 1.